The summed E-state index contributed by atoms with van der Waals surface area (Å²) in [5, 5.41) is 6.27. The normalized spacial score (nSPS) is 12.7. The Kier molecular flexibility index (Phi) is 4.32. The number of benzene rings is 2. The van der Waals surface area contributed by atoms with Crippen LogP contribution in [0.5, 0.6) is 0 Å². The van der Waals surface area contributed by atoms with E-state index in [2.05, 4.69) is 66.6 Å². The fourth-order valence-electron chi connectivity index (χ4n) is 2.84. The molecule has 0 saturated heterocycles. The van der Waals surface area contributed by atoms with Crippen molar-refractivity contribution in [2.75, 3.05) is 6.54 Å². The van der Waals surface area contributed by atoms with Crippen molar-refractivity contribution in [2.45, 2.75) is 26.3 Å². The van der Waals surface area contributed by atoms with Gasteiger partial charge in [0.25, 0.3) is 0 Å². The van der Waals surface area contributed by atoms with Crippen LogP contribution in [-0.2, 0) is 6.42 Å². The fraction of sp³-hybridized carbons (Fsp3) is 0.278. The molecule has 0 aliphatic carbocycles. The number of likely N-dealkylation sites (N-methyl/N-ethyl adjacent to an activating group) is 1. The first kappa shape index (κ1) is 14.2. The number of nitrogens with one attached hydrogen (secondary N) is 1. The van der Waals surface area contributed by atoms with Crippen molar-refractivity contribution < 1.29 is 0 Å². The molecule has 1 aromatic heterocycles. The van der Waals surface area contributed by atoms with Gasteiger partial charge in [0.2, 0.25) is 0 Å². The molecule has 0 amide bonds. The second-order valence-corrected chi connectivity index (χ2v) is 6.14. The lowest BCUT2D eigenvalue weighted by Gasteiger charge is -2.18. The first-order valence-corrected chi connectivity index (χ1v) is 8.27. The molecule has 3 rings (SSSR count). The molecule has 21 heavy (non-hydrogen) atoms. The molecule has 0 fully saturated rings. The van der Waals surface area contributed by atoms with Crippen molar-refractivity contribution in [1.82, 2.24) is 10.3 Å². The number of aryl methyl sites for hydroxylation is 1. The number of hydrogen-bond acceptors (Lipinski definition) is 3. The Morgan fingerprint density at radius 3 is 2.71 bits per heavy atom. The van der Waals surface area contributed by atoms with Gasteiger partial charge in [0.1, 0.15) is 0 Å². The highest BCUT2D eigenvalue weighted by atomic mass is 32.1. The van der Waals surface area contributed by atoms with E-state index in [0.717, 1.165) is 18.7 Å². The van der Waals surface area contributed by atoms with Gasteiger partial charge in [0.15, 0.2) is 0 Å². The average Bonchev–Trinajstić information content (AvgIpc) is 2.93. The van der Waals surface area contributed by atoms with Crippen molar-refractivity contribution in [1.29, 1.82) is 0 Å². The zero-order valence-electron chi connectivity index (χ0n) is 12.5. The molecule has 0 bridgehead atoms. The van der Waals surface area contributed by atoms with Crippen LogP contribution < -0.4 is 5.32 Å². The SMILES string of the molecule is CCNC(Cc1cccc2ccccc12)c1scnc1C. The van der Waals surface area contributed by atoms with E-state index in [1.54, 1.807) is 11.3 Å². The summed E-state index contributed by atoms with van der Waals surface area (Å²) in [5.74, 6) is 0. The Morgan fingerprint density at radius 1 is 1.14 bits per heavy atom. The third-order valence-electron chi connectivity index (χ3n) is 3.85. The molecule has 0 spiro atoms. The summed E-state index contributed by atoms with van der Waals surface area (Å²) in [4.78, 5) is 5.75. The fourth-order valence-corrected chi connectivity index (χ4v) is 3.72. The first-order chi connectivity index (χ1) is 10.3. The number of aromatic nitrogens is 1. The summed E-state index contributed by atoms with van der Waals surface area (Å²) >= 11 is 1.75. The van der Waals surface area contributed by atoms with Crippen LogP contribution in [0.1, 0.15) is 29.1 Å². The highest BCUT2D eigenvalue weighted by Gasteiger charge is 2.16. The Hall–Kier alpha value is -1.71. The van der Waals surface area contributed by atoms with Gasteiger partial charge in [-0.1, -0.05) is 49.4 Å². The zero-order chi connectivity index (χ0) is 14.7. The highest BCUT2D eigenvalue weighted by molar-refractivity contribution is 7.09. The molecule has 2 aromatic carbocycles. The van der Waals surface area contributed by atoms with Gasteiger partial charge in [-0.05, 0) is 36.2 Å². The van der Waals surface area contributed by atoms with Crippen molar-refractivity contribution in [3.8, 4) is 0 Å². The Bertz CT molecular complexity index is 727. The van der Waals surface area contributed by atoms with Gasteiger partial charge in [0, 0.05) is 10.9 Å². The van der Waals surface area contributed by atoms with E-state index in [1.165, 1.54) is 21.2 Å². The number of rotatable bonds is 5. The zero-order valence-corrected chi connectivity index (χ0v) is 13.3. The second kappa shape index (κ2) is 6.37. The summed E-state index contributed by atoms with van der Waals surface area (Å²) in [6, 6.07) is 15.5. The summed E-state index contributed by atoms with van der Waals surface area (Å²) in [6.45, 7) is 5.22. The molecule has 1 N–H and O–H groups in total. The van der Waals surface area contributed by atoms with Crippen molar-refractivity contribution in [2.24, 2.45) is 0 Å². The largest absolute Gasteiger partial charge is 0.309 e. The van der Waals surface area contributed by atoms with Crippen LogP contribution in [0.3, 0.4) is 0 Å². The maximum absolute atomic E-state index is 4.40. The molecule has 0 radical (unpaired) electrons. The highest BCUT2D eigenvalue weighted by Crippen LogP contribution is 2.28. The van der Waals surface area contributed by atoms with Crippen LogP contribution >= 0.6 is 11.3 Å². The average molecular weight is 296 g/mol. The predicted molar refractivity (Wildman–Crippen MR) is 90.9 cm³/mol. The molecule has 3 aromatic rings. The lowest BCUT2D eigenvalue weighted by Crippen LogP contribution is -2.22. The summed E-state index contributed by atoms with van der Waals surface area (Å²) in [6.07, 6.45) is 0.998. The van der Waals surface area contributed by atoms with E-state index >= 15 is 0 Å². The number of hydrogen-bond donors (Lipinski definition) is 1. The van der Waals surface area contributed by atoms with Crippen LogP contribution in [0.25, 0.3) is 10.8 Å². The molecule has 0 saturated carbocycles. The van der Waals surface area contributed by atoms with E-state index in [4.69, 9.17) is 0 Å². The second-order valence-electron chi connectivity index (χ2n) is 5.25. The quantitative estimate of drug-likeness (QED) is 0.750. The van der Waals surface area contributed by atoms with Crippen molar-refractivity contribution >= 4 is 22.1 Å². The first-order valence-electron chi connectivity index (χ1n) is 7.39. The van der Waals surface area contributed by atoms with Gasteiger partial charge in [-0.2, -0.15) is 0 Å². The third kappa shape index (κ3) is 2.99. The van der Waals surface area contributed by atoms with Gasteiger partial charge in [-0.25, -0.2) is 4.98 Å². The maximum Gasteiger partial charge on any atom is 0.0798 e. The molecular weight excluding hydrogens is 276 g/mol. The Morgan fingerprint density at radius 2 is 1.95 bits per heavy atom. The van der Waals surface area contributed by atoms with E-state index in [0.29, 0.717) is 6.04 Å². The summed E-state index contributed by atoms with van der Waals surface area (Å²) in [5.41, 5.74) is 4.48. The summed E-state index contributed by atoms with van der Waals surface area (Å²) < 4.78 is 0. The minimum absolute atomic E-state index is 0.341. The minimum Gasteiger partial charge on any atom is -0.309 e. The Labute approximate surface area is 129 Å². The molecule has 2 nitrogen and oxygen atoms in total. The van der Waals surface area contributed by atoms with E-state index in [-0.39, 0.29) is 0 Å². The third-order valence-corrected chi connectivity index (χ3v) is 4.90. The summed E-state index contributed by atoms with van der Waals surface area (Å²) in [7, 11) is 0. The van der Waals surface area contributed by atoms with Gasteiger partial charge in [-0.3, -0.25) is 0 Å². The van der Waals surface area contributed by atoms with E-state index < -0.39 is 0 Å². The molecule has 108 valence electrons. The van der Waals surface area contributed by atoms with Crippen molar-refractivity contribution in [3.63, 3.8) is 0 Å². The standard InChI is InChI=1S/C18H20N2S/c1-3-19-17(18-13(2)20-12-21-18)11-15-9-6-8-14-7-4-5-10-16(14)15/h4-10,12,17,19H,3,11H2,1-2H3. The molecule has 0 aliphatic heterocycles. The van der Waals surface area contributed by atoms with Crippen LogP contribution in [0.15, 0.2) is 48.0 Å². The minimum atomic E-state index is 0.341. The van der Waals surface area contributed by atoms with Crippen molar-refractivity contribution in [3.05, 3.63) is 64.1 Å². The van der Waals surface area contributed by atoms with E-state index in [1.807, 2.05) is 5.51 Å². The van der Waals surface area contributed by atoms with Gasteiger partial charge in [-0.15, -0.1) is 11.3 Å². The maximum atomic E-state index is 4.40. The van der Waals surface area contributed by atoms with Crippen LogP contribution in [0, 0.1) is 6.92 Å². The predicted octanol–water partition coefficient (Wildman–Crippen LogP) is 4.50. The molecule has 1 unspecified atom stereocenters. The molecule has 3 heteroatoms. The monoisotopic (exact) mass is 296 g/mol. The lowest BCUT2D eigenvalue weighted by atomic mass is 9.97. The molecule has 1 atom stereocenters. The molecule has 0 aliphatic rings. The van der Waals surface area contributed by atoms with E-state index in [9.17, 15) is 0 Å². The molecular formula is C18H20N2S. The van der Waals surface area contributed by atoms with Crippen LogP contribution in [0.2, 0.25) is 0 Å². The Balaban J connectivity index is 1.97. The molecule has 1 heterocycles. The van der Waals surface area contributed by atoms with Gasteiger partial charge in [0.05, 0.1) is 11.2 Å². The van der Waals surface area contributed by atoms with Gasteiger partial charge >= 0.3 is 0 Å². The van der Waals surface area contributed by atoms with Crippen LogP contribution in [0.4, 0.5) is 0 Å². The van der Waals surface area contributed by atoms with Crippen LogP contribution in [-0.4, -0.2) is 11.5 Å². The van der Waals surface area contributed by atoms with Gasteiger partial charge < -0.3 is 5.32 Å². The smallest absolute Gasteiger partial charge is 0.0798 e. The number of thiazole rings is 1. The topological polar surface area (TPSA) is 24.9 Å². The number of fused-ring (bicyclic) bond motifs is 1. The lowest BCUT2D eigenvalue weighted by molar-refractivity contribution is 0.556. The number of nitrogens with zero attached hydrogens (tertiary/aromatic N) is 1.